The van der Waals surface area contributed by atoms with Gasteiger partial charge in [-0.3, -0.25) is 0 Å². The second kappa shape index (κ2) is 5.98. The van der Waals surface area contributed by atoms with E-state index in [4.69, 9.17) is 11.6 Å². The smallest absolute Gasteiger partial charge is 0.143 e. The van der Waals surface area contributed by atoms with Crippen LogP contribution in [0.2, 0.25) is 5.02 Å². The lowest BCUT2D eigenvalue weighted by Crippen LogP contribution is -2.06. The van der Waals surface area contributed by atoms with Crippen molar-refractivity contribution in [1.29, 1.82) is 0 Å². The minimum atomic E-state index is 0.764. The monoisotopic (exact) mass is 311 g/mol. The third kappa shape index (κ3) is 3.68. The molecule has 0 radical (unpaired) electrons. The Morgan fingerprint density at radius 2 is 2.00 bits per heavy atom. The minimum Gasteiger partial charge on any atom is -0.369 e. The lowest BCUT2D eigenvalue weighted by Gasteiger charge is -2.06. The highest BCUT2D eigenvalue weighted by Gasteiger charge is 1.99. The summed E-state index contributed by atoms with van der Waals surface area (Å²) in [5.74, 6) is 0.814. The third-order valence-electron chi connectivity index (χ3n) is 2.29. The van der Waals surface area contributed by atoms with E-state index in [2.05, 4.69) is 31.2 Å². The summed E-state index contributed by atoms with van der Waals surface area (Å²) >= 11 is 9.21. The van der Waals surface area contributed by atoms with E-state index in [1.165, 1.54) is 11.9 Å². The van der Waals surface area contributed by atoms with Crippen molar-refractivity contribution in [3.63, 3.8) is 0 Å². The van der Waals surface area contributed by atoms with Gasteiger partial charge in [-0.15, -0.1) is 0 Å². The van der Waals surface area contributed by atoms with E-state index >= 15 is 0 Å². The fourth-order valence-electron chi connectivity index (χ4n) is 1.42. The number of hydrogen-bond donors (Lipinski definition) is 1. The summed E-state index contributed by atoms with van der Waals surface area (Å²) in [5, 5.41) is 4.01. The number of nitrogens with zero attached hydrogens (tertiary/aromatic N) is 2. The highest BCUT2D eigenvalue weighted by molar-refractivity contribution is 9.10. The Morgan fingerprint density at radius 3 is 2.71 bits per heavy atom. The van der Waals surface area contributed by atoms with Crippen LogP contribution in [0.15, 0.2) is 41.3 Å². The van der Waals surface area contributed by atoms with E-state index in [1.54, 1.807) is 6.20 Å². The number of nitrogens with one attached hydrogen (secondary N) is 1. The van der Waals surface area contributed by atoms with Crippen LogP contribution in [0.1, 0.15) is 5.56 Å². The van der Waals surface area contributed by atoms with Crippen LogP contribution in [0.3, 0.4) is 0 Å². The van der Waals surface area contributed by atoms with Gasteiger partial charge in [0.1, 0.15) is 12.1 Å². The number of benzene rings is 1. The molecule has 3 nitrogen and oxygen atoms in total. The molecule has 0 fully saturated rings. The van der Waals surface area contributed by atoms with Crippen molar-refractivity contribution in [1.82, 2.24) is 9.97 Å². The molecule has 0 aliphatic rings. The van der Waals surface area contributed by atoms with Crippen molar-refractivity contribution < 1.29 is 0 Å². The van der Waals surface area contributed by atoms with E-state index in [0.29, 0.717) is 0 Å². The molecule has 0 saturated heterocycles. The van der Waals surface area contributed by atoms with Gasteiger partial charge in [0.15, 0.2) is 0 Å². The maximum atomic E-state index is 5.82. The van der Waals surface area contributed by atoms with Gasteiger partial charge in [0.05, 0.1) is 4.47 Å². The molecule has 0 aliphatic carbocycles. The Morgan fingerprint density at radius 1 is 1.24 bits per heavy atom. The van der Waals surface area contributed by atoms with Crippen LogP contribution < -0.4 is 5.32 Å². The average Bonchev–Trinajstić information content (AvgIpc) is 2.34. The molecule has 0 bridgehead atoms. The zero-order chi connectivity index (χ0) is 12.1. The van der Waals surface area contributed by atoms with Gasteiger partial charge in [-0.25, -0.2) is 9.97 Å². The quantitative estimate of drug-likeness (QED) is 0.938. The molecule has 0 unspecified atom stereocenters. The first-order chi connectivity index (χ1) is 8.25. The van der Waals surface area contributed by atoms with Crippen LogP contribution >= 0.6 is 27.5 Å². The highest BCUT2D eigenvalue weighted by Crippen LogP contribution is 2.17. The number of anilines is 1. The number of hydrogen-bond acceptors (Lipinski definition) is 3. The molecule has 2 rings (SSSR count). The highest BCUT2D eigenvalue weighted by atomic mass is 79.9. The molecule has 0 spiro atoms. The van der Waals surface area contributed by atoms with Crippen molar-refractivity contribution in [2.45, 2.75) is 6.42 Å². The molecule has 1 aromatic heterocycles. The Hall–Kier alpha value is -1.13. The fourth-order valence-corrected chi connectivity index (χ4v) is 1.91. The summed E-state index contributed by atoms with van der Waals surface area (Å²) in [4.78, 5) is 8.04. The van der Waals surface area contributed by atoms with E-state index in [9.17, 15) is 0 Å². The summed E-state index contributed by atoms with van der Waals surface area (Å²) in [6, 6.07) is 7.85. The number of rotatable bonds is 4. The first kappa shape index (κ1) is 12.3. The van der Waals surface area contributed by atoms with Crippen LogP contribution in [0, 0.1) is 0 Å². The van der Waals surface area contributed by atoms with Crippen molar-refractivity contribution in [2.75, 3.05) is 11.9 Å². The van der Waals surface area contributed by atoms with Crippen molar-refractivity contribution >= 4 is 33.3 Å². The molecular formula is C12H11BrClN3. The van der Waals surface area contributed by atoms with Crippen molar-refractivity contribution in [3.05, 3.63) is 51.8 Å². The van der Waals surface area contributed by atoms with Gasteiger partial charge in [0.2, 0.25) is 0 Å². The molecular weight excluding hydrogens is 302 g/mol. The van der Waals surface area contributed by atoms with Gasteiger partial charge in [-0.2, -0.15) is 0 Å². The molecule has 17 heavy (non-hydrogen) atoms. The standard InChI is InChI=1S/C12H11BrClN3/c13-11-7-15-8-17-12(11)16-6-5-9-1-3-10(14)4-2-9/h1-4,7-8H,5-6H2,(H,15,16,17). The molecule has 0 amide bonds. The second-order valence-electron chi connectivity index (χ2n) is 3.52. The van der Waals surface area contributed by atoms with Crippen LogP contribution in [0.5, 0.6) is 0 Å². The molecule has 1 aromatic carbocycles. The van der Waals surface area contributed by atoms with Crippen LogP contribution in [0.25, 0.3) is 0 Å². The predicted octanol–water partition coefficient (Wildman–Crippen LogP) is 3.55. The Balaban J connectivity index is 1.88. The largest absolute Gasteiger partial charge is 0.369 e. The van der Waals surface area contributed by atoms with Gasteiger partial charge in [-0.1, -0.05) is 23.7 Å². The Kier molecular flexibility index (Phi) is 4.34. The lowest BCUT2D eigenvalue weighted by molar-refractivity contribution is 0.995. The minimum absolute atomic E-state index is 0.764. The van der Waals surface area contributed by atoms with Crippen LogP contribution in [0.4, 0.5) is 5.82 Å². The topological polar surface area (TPSA) is 37.8 Å². The van der Waals surface area contributed by atoms with E-state index in [-0.39, 0.29) is 0 Å². The van der Waals surface area contributed by atoms with Gasteiger partial charge in [0, 0.05) is 17.8 Å². The van der Waals surface area contributed by atoms with Crippen LogP contribution in [-0.2, 0) is 6.42 Å². The first-order valence-electron chi connectivity index (χ1n) is 5.19. The molecule has 1 N–H and O–H groups in total. The van der Waals surface area contributed by atoms with Crippen molar-refractivity contribution in [3.8, 4) is 0 Å². The summed E-state index contributed by atoms with van der Waals surface area (Å²) in [6.45, 7) is 0.817. The van der Waals surface area contributed by atoms with Crippen molar-refractivity contribution in [2.24, 2.45) is 0 Å². The summed E-state index contributed by atoms with van der Waals surface area (Å²) in [5.41, 5.74) is 1.24. The summed E-state index contributed by atoms with van der Waals surface area (Å²) in [6.07, 6.45) is 4.17. The SMILES string of the molecule is Clc1ccc(CCNc2ncncc2Br)cc1. The normalized spacial score (nSPS) is 10.2. The zero-order valence-corrected chi connectivity index (χ0v) is 11.4. The van der Waals surface area contributed by atoms with Crippen LogP contribution in [-0.4, -0.2) is 16.5 Å². The summed E-state index contributed by atoms with van der Waals surface area (Å²) < 4.78 is 0.871. The maximum absolute atomic E-state index is 5.82. The van der Waals surface area contributed by atoms with Gasteiger partial charge in [0.25, 0.3) is 0 Å². The maximum Gasteiger partial charge on any atom is 0.143 e. The van der Waals surface area contributed by atoms with E-state index in [1.807, 2.05) is 24.3 Å². The number of halogens is 2. The van der Waals surface area contributed by atoms with Gasteiger partial charge >= 0.3 is 0 Å². The number of aromatic nitrogens is 2. The molecule has 0 atom stereocenters. The molecule has 0 aliphatic heterocycles. The van der Waals surface area contributed by atoms with Gasteiger partial charge in [-0.05, 0) is 40.0 Å². The molecule has 88 valence electrons. The zero-order valence-electron chi connectivity index (χ0n) is 9.03. The third-order valence-corrected chi connectivity index (χ3v) is 3.12. The average molecular weight is 313 g/mol. The molecule has 1 heterocycles. The van der Waals surface area contributed by atoms with Gasteiger partial charge < -0.3 is 5.32 Å². The first-order valence-corrected chi connectivity index (χ1v) is 6.36. The Bertz CT molecular complexity index is 487. The summed E-state index contributed by atoms with van der Waals surface area (Å²) in [7, 11) is 0. The van der Waals surface area contributed by atoms with E-state index < -0.39 is 0 Å². The lowest BCUT2D eigenvalue weighted by atomic mass is 10.1. The molecule has 5 heteroatoms. The predicted molar refractivity (Wildman–Crippen MR) is 73.4 cm³/mol. The van der Waals surface area contributed by atoms with E-state index in [0.717, 1.165) is 28.3 Å². The fraction of sp³-hybridized carbons (Fsp3) is 0.167. The molecule has 0 saturated carbocycles. The second-order valence-corrected chi connectivity index (χ2v) is 4.81. The molecule has 2 aromatic rings. The Labute approximate surface area is 113 Å².